The van der Waals surface area contributed by atoms with Crippen LogP contribution in [-0.4, -0.2) is 16.8 Å². The van der Waals surface area contributed by atoms with Gasteiger partial charge >= 0.3 is 0 Å². The number of thioether (sulfide) groups is 1. The summed E-state index contributed by atoms with van der Waals surface area (Å²) in [6, 6.07) is 18.6. The lowest BCUT2D eigenvalue weighted by Gasteiger charge is -2.22. The molecule has 1 heterocycles. The molecule has 0 radical (unpaired) electrons. The van der Waals surface area contributed by atoms with Crippen LogP contribution < -0.4 is 0 Å². The summed E-state index contributed by atoms with van der Waals surface area (Å²) < 4.78 is 19.1. The molecule has 4 rings (SSSR count). The van der Waals surface area contributed by atoms with E-state index < -0.39 is 0 Å². The Labute approximate surface area is 162 Å². The van der Waals surface area contributed by atoms with Crippen molar-refractivity contribution in [3.63, 3.8) is 0 Å². The zero-order chi connectivity index (χ0) is 18.6. The van der Waals surface area contributed by atoms with Gasteiger partial charge in [0.25, 0.3) is 5.91 Å². The molecule has 1 aliphatic carbocycles. The molecule has 0 aliphatic heterocycles. The Morgan fingerprint density at radius 2 is 1.93 bits per heavy atom. The number of carbonyl (C=O) groups excluding carboxylic acids is 1. The molecule has 0 saturated heterocycles. The van der Waals surface area contributed by atoms with Gasteiger partial charge < -0.3 is 9.32 Å². The van der Waals surface area contributed by atoms with Crippen molar-refractivity contribution in [3.05, 3.63) is 89.6 Å². The number of furan rings is 1. The van der Waals surface area contributed by atoms with Crippen molar-refractivity contribution in [2.45, 2.75) is 36.1 Å². The molecular weight excluding hydrogens is 361 g/mol. The Hall–Kier alpha value is -2.53. The fourth-order valence-electron chi connectivity index (χ4n) is 3.03. The minimum atomic E-state index is -0.284. The Morgan fingerprint density at radius 1 is 1.11 bits per heavy atom. The maximum Gasteiger partial charge on any atom is 0.290 e. The number of hydrogen-bond acceptors (Lipinski definition) is 3. The fraction of sp³-hybridized carbons (Fsp3) is 0.227. The van der Waals surface area contributed by atoms with Crippen LogP contribution in [0.5, 0.6) is 0 Å². The topological polar surface area (TPSA) is 33.5 Å². The standard InChI is InChI=1S/C22H20FNO2S/c23-18-6-4-5-16(13-18)14-24(19-9-10-19)22(25)21-17(11-12-26-21)15-27-20-7-2-1-3-8-20/h1-8,11-13,19H,9-10,14-15H2. The van der Waals surface area contributed by atoms with Gasteiger partial charge in [-0.05, 0) is 48.7 Å². The highest BCUT2D eigenvalue weighted by Gasteiger charge is 2.35. The van der Waals surface area contributed by atoms with Crippen LogP contribution in [0.3, 0.4) is 0 Å². The Kier molecular flexibility index (Phi) is 5.30. The van der Waals surface area contributed by atoms with E-state index in [1.807, 2.05) is 47.4 Å². The molecule has 1 amide bonds. The number of amides is 1. The van der Waals surface area contributed by atoms with Gasteiger partial charge in [-0.3, -0.25) is 4.79 Å². The van der Waals surface area contributed by atoms with E-state index in [2.05, 4.69) is 0 Å². The lowest BCUT2D eigenvalue weighted by Crippen LogP contribution is -2.32. The van der Waals surface area contributed by atoms with Gasteiger partial charge in [-0.15, -0.1) is 11.8 Å². The van der Waals surface area contributed by atoms with Crippen LogP contribution in [-0.2, 0) is 12.3 Å². The Bertz CT molecular complexity index is 921. The van der Waals surface area contributed by atoms with E-state index in [4.69, 9.17) is 4.42 Å². The van der Waals surface area contributed by atoms with Crippen LogP contribution in [0.15, 0.2) is 76.2 Å². The first kappa shape index (κ1) is 17.9. The van der Waals surface area contributed by atoms with E-state index in [0.29, 0.717) is 18.1 Å². The minimum absolute atomic E-state index is 0.115. The summed E-state index contributed by atoms with van der Waals surface area (Å²) in [6.07, 6.45) is 3.53. The average molecular weight is 381 g/mol. The molecule has 1 aromatic heterocycles. The van der Waals surface area contributed by atoms with Crippen molar-refractivity contribution >= 4 is 17.7 Å². The quantitative estimate of drug-likeness (QED) is 0.506. The number of nitrogens with zero attached hydrogens (tertiary/aromatic N) is 1. The van der Waals surface area contributed by atoms with E-state index in [1.54, 1.807) is 24.1 Å². The van der Waals surface area contributed by atoms with Crippen LogP contribution in [0.2, 0.25) is 0 Å². The summed E-state index contributed by atoms with van der Waals surface area (Å²) in [5, 5.41) is 0. The second-order valence-electron chi connectivity index (χ2n) is 6.67. The second-order valence-corrected chi connectivity index (χ2v) is 7.72. The van der Waals surface area contributed by atoms with Gasteiger partial charge in [-0.1, -0.05) is 30.3 Å². The first-order valence-electron chi connectivity index (χ1n) is 9.00. The number of rotatable bonds is 7. The smallest absolute Gasteiger partial charge is 0.290 e. The molecule has 5 heteroatoms. The summed E-state index contributed by atoms with van der Waals surface area (Å²) in [7, 11) is 0. The highest BCUT2D eigenvalue weighted by Crippen LogP contribution is 2.32. The van der Waals surface area contributed by atoms with E-state index in [9.17, 15) is 9.18 Å². The lowest BCUT2D eigenvalue weighted by molar-refractivity contribution is 0.0696. The van der Waals surface area contributed by atoms with Gasteiger partial charge in [-0.25, -0.2) is 4.39 Å². The van der Waals surface area contributed by atoms with Crippen molar-refractivity contribution in [3.8, 4) is 0 Å². The molecule has 0 spiro atoms. The van der Waals surface area contributed by atoms with Crippen molar-refractivity contribution in [1.82, 2.24) is 4.90 Å². The lowest BCUT2D eigenvalue weighted by atomic mass is 10.2. The molecule has 0 bridgehead atoms. The van der Waals surface area contributed by atoms with Crippen molar-refractivity contribution in [2.75, 3.05) is 0 Å². The summed E-state index contributed by atoms with van der Waals surface area (Å²) in [5.74, 6) is 0.658. The third-order valence-electron chi connectivity index (χ3n) is 4.57. The van der Waals surface area contributed by atoms with Crippen molar-refractivity contribution in [1.29, 1.82) is 0 Å². The maximum absolute atomic E-state index is 13.5. The van der Waals surface area contributed by atoms with Crippen LogP contribution in [0.4, 0.5) is 4.39 Å². The maximum atomic E-state index is 13.5. The number of halogens is 1. The normalized spacial score (nSPS) is 13.5. The van der Waals surface area contributed by atoms with Gasteiger partial charge in [0.05, 0.1) is 6.26 Å². The first-order valence-corrected chi connectivity index (χ1v) is 9.99. The zero-order valence-electron chi connectivity index (χ0n) is 14.8. The predicted octanol–water partition coefficient (Wildman–Crippen LogP) is 5.52. The highest BCUT2D eigenvalue weighted by molar-refractivity contribution is 7.98. The average Bonchev–Trinajstić information content (AvgIpc) is 3.42. The summed E-state index contributed by atoms with van der Waals surface area (Å²) in [6.45, 7) is 0.396. The molecule has 138 valence electrons. The molecule has 27 heavy (non-hydrogen) atoms. The SMILES string of the molecule is O=C(c1occc1CSc1ccccc1)N(Cc1cccc(F)c1)C1CC1. The number of hydrogen-bond donors (Lipinski definition) is 0. The molecule has 0 atom stereocenters. The molecule has 0 N–H and O–H groups in total. The third-order valence-corrected chi connectivity index (χ3v) is 5.63. The summed E-state index contributed by atoms with van der Waals surface area (Å²) in [4.78, 5) is 16.1. The first-order chi connectivity index (χ1) is 13.2. The monoisotopic (exact) mass is 381 g/mol. The minimum Gasteiger partial charge on any atom is -0.459 e. The number of carbonyl (C=O) groups is 1. The fourth-order valence-corrected chi connectivity index (χ4v) is 3.93. The van der Waals surface area contributed by atoms with Crippen LogP contribution in [0.1, 0.15) is 34.5 Å². The van der Waals surface area contributed by atoms with E-state index in [-0.39, 0.29) is 17.8 Å². The molecule has 0 unspecified atom stereocenters. The summed E-state index contributed by atoms with van der Waals surface area (Å²) in [5.41, 5.74) is 1.68. The summed E-state index contributed by atoms with van der Waals surface area (Å²) >= 11 is 1.67. The second kappa shape index (κ2) is 8.01. The molecule has 3 aromatic rings. The van der Waals surface area contributed by atoms with Gasteiger partial charge in [-0.2, -0.15) is 0 Å². The predicted molar refractivity (Wildman–Crippen MR) is 104 cm³/mol. The number of benzene rings is 2. The van der Waals surface area contributed by atoms with E-state index in [1.165, 1.54) is 12.1 Å². The van der Waals surface area contributed by atoms with Gasteiger partial charge in [0.2, 0.25) is 0 Å². The zero-order valence-corrected chi connectivity index (χ0v) is 15.6. The molecule has 3 nitrogen and oxygen atoms in total. The Balaban J connectivity index is 1.50. The Morgan fingerprint density at radius 3 is 2.67 bits per heavy atom. The van der Waals surface area contributed by atoms with Gasteiger partial charge in [0.1, 0.15) is 5.82 Å². The molecule has 1 aliphatic rings. The largest absolute Gasteiger partial charge is 0.459 e. The van der Waals surface area contributed by atoms with Gasteiger partial charge in [0, 0.05) is 28.8 Å². The molecular formula is C22H20FNO2S. The van der Waals surface area contributed by atoms with E-state index in [0.717, 1.165) is 28.9 Å². The van der Waals surface area contributed by atoms with Crippen LogP contribution >= 0.6 is 11.8 Å². The molecule has 1 fully saturated rings. The van der Waals surface area contributed by atoms with Crippen LogP contribution in [0, 0.1) is 5.82 Å². The third kappa shape index (κ3) is 4.42. The van der Waals surface area contributed by atoms with Crippen molar-refractivity contribution in [2.24, 2.45) is 0 Å². The van der Waals surface area contributed by atoms with Crippen molar-refractivity contribution < 1.29 is 13.6 Å². The molecule has 2 aromatic carbocycles. The molecule has 1 saturated carbocycles. The highest BCUT2D eigenvalue weighted by atomic mass is 32.2. The van der Waals surface area contributed by atoms with Crippen LogP contribution in [0.25, 0.3) is 0 Å². The van der Waals surface area contributed by atoms with E-state index >= 15 is 0 Å². The van der Waals surface area contributed by atoms with Gasteiger partial charge in [0.15, 0.2) is 5.76 Å².